The molecule has 0 N–H and O–H groups in total. The van der Waals surface area contributed by atoms with Crippen molar-refractivity contribution in [2.45, 2.75) is 6.61 Å². The molecule has 3 rings (SSSR count). The van der Waals surface area contributed by atoms with Crippen molar-refractivity contribution in [2.24, 2.45) is 0 Å². The van der Waals surface area contributed by atoms with Gasteiger partial charge >= 0.3 is 5.97 Å². The average molecular weight is 383 g/mol. The van der Waals surface area contributed by atoms with E-state index in [9.17, 15) is 4.79 Å². The molecule has 0 heterocycles. The van der Waals surface area contributed by atoms with Crippen LogP contribution in [0.3, 0.4) is 0 Å². The van der Waals surface area contributed by atoms with E-state index in [-0.39, 0.29) is 17.2 Å². The van der Waals surface area contributed by atoms with Crippen LogP contribution in [0.1, 0.15) is 15.9 Å². The zero-order valence-corrected chi connectivity index (χ0v) is 15.7. The van der Waals surface area contributed by atoms with E-state index >= 15 is 0 Å². The number of ether oxygens (including phenoxy) is 3. The van der Waals surface area contributed by atoms with Crippen LogP contribution in [0.25, 0.3) is 10.8 Å². The molecule has 0 saturated carbocycles. The second kappa shape index (κ2) is 8.60. The van der Waals surface area contributed by atoms with Crippen LogP contribution in [0.2, 0.25) is 5.02 Å². The van der Waals surface area contributed by atoms with Gasteiger partial charge in [-0.05, 0) is 28.5 Å². The van der Waals surface area contributed by atoms with E-state index in [1.54, 1.807) is 6.07 Å². The van der Waals surface area contributed by atoms with Gasteiger partial charge in [0.2, 0.25) is 0 Å². The minimum Gasteiger partial charge on any atom is -0.493 e. The van der Waals surface area contributed by atoms with Crippen LogP contribution in [0, 0.1) is 0 Å². The fourth-order valence-electron chi connectivity index (χ4n) is 2.76. The van der Waals surface area contributed by atoms with Gasteiger partial charge in [-0.25, -0.2) is 4.79 Å². The number of esters is 1. The summed E-state index contributed by atoms with van der Waals surface area (Å²) in [5.74, 6) is 0.247. The van der Waals surface area contributed by atoms with Gasteiger partial charge in [-0.3, -0.25) is 0 Å². The number of rotatable bonds is 7. The first-order valence-corrected chi connectivity index (χ1v) is 8.77. The van der Waals surface area contributed by atoms with Gasteiger partial charge in [-0.1, -0.05) is 66.7 Å². The standard InChI is InChI=1S/C22H19ClO4/c1-3-11-26-22(24)17-12-19(23)21(20(13-17)25-2)27-14-16-9-6-8-15-7-4-5-10-18(15)16/h3-10,12-13H,1,11,14H2,2H3. The van der Waals surface area contributed by atoms with Crippen LogP contribution in [-0.2, 0) is 11.3 Å². The molecular formula is C22H19ClO4. The van der Waals surface area contributed by atoms with Gasteiger partial charge in [-0.2, -0.15) is 0 Å². The van der Waals surface area contributed by atoms with Gasteiger partial charge in [0.25, 0.3) is 0 Å². The van der Waals surface area contributed by atoms with E-state index in [2.05, 4.69) is 18.7 Å². The second-order valence-electron chi connectivity index (χ2n) is 5.80. The first-order chi connectivity index (χ1) is 13.1. The number of carbonyl (C=O) groups is 1. The number of hydrogen-bond donors (Lipinski definition) is 0. The van der Waals surface area contributed by atoms with Gasteiger partial charge in [-0.15, -0.1) is 0 Å². The molecule has 0 radical (unpaired) electrons. The second-order valence-corrected chi connectivity index (χ2v) is 6.21. The predicted octanol–water partition coefficient (Wildman–Crippen LogP) is 5.42. The lowest BCUT2D eigenvalue weighted by Gasteiger charge is -2.15. The molecule has 0 bridgehead atoms. The molecular weight excluding hydrogens is 364 g/mol. The highest BCUT2D eigenvalue weighted by molar-refractivity contribution is 6.32. The van der Waals surface area contributed by atoms with Crippen LogP contribution in [0.4, 0.5) is 0 Å². The summed E-state index contributed by atoms with van der Waals surface area (Å²) in [5, 5.41) is 2.52. The molecule has 4 nitrogen and oxygen atoms in total. The monoisotopic (exact) mass is 382 g/mol. The number of carbonyl (C=O) groups excluding carboxylic acids is 1. The van der Waals surface area contributed by atoms with Crippen molar-refractivity contribution in [1.29, 1.82) is 0 Å². The number of benzene rings is 3. The van der Waals surface area contributed by atoms with E-state index in [1.807, 2.05) is 30.3 Å². The number of hydrogen-bond acceptors (Lipinski definition) is 4. The highest BCUT2D eigenvalue weighted by atomic mass is 35.5. The summed E-state index contributed by atoms with van der Waals surface area (Å²) < 4.78 is 16.3. The Labute approximate surface area is 162 Å². The molecule has 0 unspecified atom stereocenters. The lowest BCUT2D eigenvalue weighted by atomic mass is 10.1. The van der Waals surface area contributed by atoms with Crippen molar-refractivity contribution in [3.05, 3.63) is 83.4 Å². The molecule has 0 aliphatic rings. The molecule has 0 saturated heterocycles. The Morgan fingerprint density at radius 2 is 1.93 bits per heavy atom. The van der Waals surface area contributed by atoms with Gasteiger partial charge in [0.1, 0.15) is 13.2 Å². The maximum Gasteiger partial charge on any atom is 0.338 e. The average Bonchev–Trinajstić information content (AvgIpc) is 2.70. The summed E-state index contributed by atoms with van der Waals surface area (Å²) >= 11 is 6.34. The van der Waals surface area contributed by atoms with E-state index in [0.717, 1.165) is 16.3 Å². The summed E-state index contributed by atoms with van der Waals surface area (Å²) in [4.78, 5) is 12.0. The van der Waals surface area contributed by atoms with E-state index in [4.69, 9.17) is 25.8 Å². The lowest BCUT2D eigenvalue weighted by Crippen LogP contribution is -2.06. The van der Waals surface area contributed by atoms with E-state index in [1.165, 1.54) is 19.3 Å². The van der Waals surface area contributed by atoms with E-state index < -0.39 is 5.97 Å². The van der Waals surface area contributed by atoms with Crippen LogP contribution in [-0.4, -0.2) is 19.7 Å². The summed E-state index contributed by atoms with van der Waals surface area (Å²) in [6.07, 6.45) is 1.50. The van der Waals surface area contributed by atoms with Gasteiger partial charge in [0, 0.05) is 0 Å². The SMILES string of the molecule is C=CCOC(=O)c1cc(Cl)c(OCc2cccc3ccccc23)c(OC)c1. The van der Waals surface area contributed by atoms with Crippen LogP contribution >= 0.6 is 11.6 Å². The lowest BCUT2D eigenvalue weighted by molar-refractivity contribution is 0.0549. The largest absolute Gasteiger partial charge is 0.493 e. The summed E-state index contributed by atoms with van der Waals surface area (Å²) in [6, 6.07) is 17.2. The predicted molar refractivity (Wildman–Crippen MR) is 107 cm³/mol. The molecule has 0 aliphatic carbocycles. The summed E-state index contributed by atoms with van der Waals surface area (Å²) in [7, 11) is 1.50. The minimum atomic E-state index is -0.504. The molecule has 0 amide bonds. The third-order valence-corrected chi connectivity index (χ3v) is 4.33. The molecule has 0 spiro atoms. The molecule has 0 aliphatic heterocycles. The summed E-state index contributed by atoms with van der Waals surface area (Å²) in [5.41, 5.74) is 1.32. The third-order valence-electron chi connectivity index (χ3n) is 4.05. The maximum absolute atomic E-state index is 12.0. The van der Waals surface area contributed by atoms with Crippen LogP contribution in [0.15, 0.2) is 67.3 Å². The number of fused-ring (bicyclic) bond motifs is 1. The fourth-order valence-corrected chi connectivity index (χ4v) is 3.03. The van der Waals surface area contributed by atoms with Crippen molar-refractivity contribution >= 4 is 28.3 Å². The van der Waals surface area contributed by atoms with Gasteiger partial charge in [0.15, 0.2) is 11.5 Å². The Kier molecular flexibility index (Phi) is 5.99. The molecule has 0 aromatic heterocycles. The molecule has 3 aromatic rings. The number of halogens is 1. The van der Waals surface area contributed by atoms with Crippen LogP contribution < -0.4 is 9.47 Å². The maximum atomic E-state index is 12.0. The molecule has 0 atom stereocenters. The van der Waals surface area contributed by atoms with Crippen molar-refractivity contribution in [1.82, 2.24) is 0 Å². The molecule has 27 heavy (non-hydrogen) atoms. The highest BCUT2D eigenvalue weighted by Crippen LogP contribution is 2.37. The Bertz CT molecular complexity index is 976. The van der Waals surface area contributed by atoms with Gasteiger partial charge < -0.3 is 14.2 Å². The Hall–Kier alpha value is -2.98. The Morgan fingerprint density at radius 1 is 1.15 bits per heavy atom. The first-order valence-electron chi connectivity index (χ1n) is 8.39. The first kappa shape index (κ1) is 18.8. The van der Waals surface area contributed by atoms with E-state index in [0.29, 0.717) is 18.1 Å². The highest BCUT2D eigenvalue weighted by Gasteiger charge is 2.17. The normalized spacial score (nSPS) is 10.4. The molecule has 0 fully saturated rings. The van der Waals surface area contributed by atoms with Crippen molar-refractivity contribution in [3.63, 3.8) is 0 Å². The van der Waals surface area contributed by atoms with Crippen molar-refractivity contribution in [3.8, 4) is 11.5 Å². The third kappa shape index (κ3) is 4.23. The quantitative estimate of drug-likeness (QED) is 0.404. The Balaban J connectivity index is 1.86. The molecule has 3 aromatic carbocycles. The van der Waals surface area contributed by atoms with Crippen LogP contribution in [0.5, 0.6) is 11.5 Å². The molecule has 5 heteroatoms. The Morgan fingerprint density at radius 3 is 2.70 bits per heavy atom. The smallest absolute Gasteiger partial charge is 0.338 e. The minimum absolute atomic E-state index is 0.123. The molecule has 138 valence electrons. The van der Waals surface area contributed by atoms with Crippen molar-refractivity contribution in [2.75, 3.05) is 13.7 Å². The zero-order chi connectivity index (χ0) is 19.2. The fraction of sp³-hybridized carbons (Fsp3) is 0.136. The van der Waals surface area contributed by atoms with Gasteiger partial charge in [0.05, 0.1) is 17.7 Å². The topological polar surface area (TPSA) is 44.8 Å². The zero-order valence-electron chi connectivity index (χ0n) is 14.9. The number of methoxy groups -OCH3 is 1. The summed E-state index contributed by atoms with van der Waals surface area (Å²) in [6.45, 7) is 3.96. The van der Waals surface area contributed by atoms with Crippen molar-refractivity contribution < 1.29 is 19.0 Å².